The molecule has 3 aromatic heterocycles. The van der Waals surface area contributed by atoms with E-state index in [1.54, 1.807) is 0 Å². The van der Waals surface area contributed by atoms with Crippen molar-refractivity contribution >= 4 is 32.8 Å². The molecule has 11 rings (SSSR count). The molecule has 0 aliphatic heterocycles. The van der Waals surface area contributed by atoms with Crippen molar-refractivity contribution in [3.63, 3.8) is 0 Å². The molecule has 0 unspecified atom stereocenters. The molecular formula is C66H59N4OPt-. The van der Waals surface area contributed by atoms with Crippen molar-refractivity contribution in [2.45, 2.75) is 78.6 Å². The second-order valence-electron chi connectivity index (χ2n) is 22.0. The Balaban J connectivity index is 0.00000596. The van der Waals surface area contributed by atoms with E-state index in [-0.39, 0.29) is 43.1 Å². The molecule has 0 spiro atoms. The van der Waals surface area contributed by atoms with Crippen LogP contribution >= 0.6 is 0 Å². The van der Waals surface area contributed by atoms with Gasteiger partial charge in [0.05, 0.1) is 22.3 Å². The smallest absolute Gasteiger partial charge is 0.148 e. The molecule has 6 heteroatoms. The van der Waals surface area contributed by atoms with Crippen molar-refractivity contribution in [1.29, 1.82) is 0 Å². The van der Waals surface area contributed by atoms with Gasteiger partial charge in [-0.2, -0.15) is 0 Å². The summed E-state index contributed by atoms with van der Waals surface area (Å²) in [7, 11) is 0. The number of para-hydroxylation sites is 3. The van der Waals surface area contributed by atoms with Crippen molar-refractivity contribution < 1.29 is 26.2 Å². The Bertz CT molecular complexity index is 3810. The van der Waals surface area contributed by atoms with Crippen LogP contribution in [-0.2, 0) is 37.3 Å². The van der Waals surface area contributed by atoms with Gasteiger partial charge in [-0.3, -0.25) is 9.55 Å². The van der Waals surface area contributed by atoms with E-state index in [4.69, 9.17) is 9.97 Å². The third kappa shape index (κ3) is 8.58. The molecule has 1 N–H and O–H groups in total. The molecule has 0 amide bonds. The van der Waals surface area contributed by atoms with Crippen molar-refractivity contribution in [2.24, 2.45) is 0 Å². The van der Waals surface area contributed by atoms with Gasteiger partial charge in [0.15, 0.2) is 0 Å². The van der Waals surface area contributed by atoms with E-state index in [1.165, 1.54) is 5.56 Å². The van der Waals surface area contributed by atoms with E-state index in [9.17, 15) is 5.11 Å². The van der Waals surface area contributed by atoms with Gasteiger partial charge in [-0.05, 0) is 103 Å². The van der Waals surface area contributed by atoms with E-state index < -0.39 is 0 Å². The number of aromatic nitrogens is 4. The Hall–Kier alpha value is -7.33. The minimum absolute atomic E-state index is 0. The molecule has 0 atom stereocenters. The van der Waals surface area contributed by atoms with Gasteiger partial charge in [-0.15, -0.1) is 12.1 Å². The van der Waals surface area contributed by atoms with Crippen LogP contribution in [0.25, 0.3) is 100 Å². The number of phenolic OH excluding ortho intramolecular Hbond substituents is 1. The molecule has 0 saturated heterocycles. The first-order valence-electron chi connectivity index (χ1n) is 24.7. The number of fused-ring (bicyclic) bond motifs is 4. The second-order valence-corrected chi connectivity index (χ2v) is 22.0. The molecule has 3 heterocycles. The fourth-order valence-corrected chi connectivity index (χ4v) is 10.2. The quantitative estimate of drug-likeness (QED) is 0.162. The summed E-state index contributed by atoms with van der Waals surface area (Å²) < 4.78 is 4.66. The Morgan fingerprint density at radius 1 is 0.486 bits per heavy atom. The first-order chi connectivity index (χ1) is 34.0. The van der Waals surface area contributed by atoms with Crippen LogP contribution in [0.2, 0.25) is 0 Å². The second kappa shape index (κ2) is 18.4. The average Bonchev–Trinajstić information content (AvgIpc) is 3.92. The molecule has 0 aliphatic carbocycles. The number of rotatable bonds is 7. The zero-order valence-electron chi connectivity index (χ0n) is 42.5. The SMILES string of the molecule is CC(C)(C)c1ccc(-n2c(-c3cc(C(C)(C)C)cc(C(C)(C)C)c3O)nc3c(-c4[c-]c(-c5cc(-c6ccccc6)ccn5)cc5c6ccccc6n(-c6ccccc6)c45)cccc32)c(-c2ccccc2)c1.[Pt]. The topological polar surface area (TPSA) is 55.9 Å². The predicted octanol–water partition coefficient (Wildman–Crippen LogP) is 17.2. The number of benzene rings is 8. The van der Waals surface area contributed by atoms with Gasteiger partial charge in [-0.25, -0.2) is 4.98 Å². The Labute approximate surface area is 438 Å². The van der Waals surface area contributed by atoms with Crippen LogP contribution in [0.4, 0.5) is 0 Å². The molecule has 360 valence electrons. The summed E-state index contributed by atoms with van der Waals surface area (Å²) in [4.78, 5) is 10.9. The largest absolute Gasteiger partial charge is 0.507 e. The zero-order chi connectivity index (χ0) is 49.4. The van der Waals surface area contributed by atoms with E-state index in [0.29, 0.717) is 11.4 Å². The van der Waals surface area contributed by atoms with Crippen LogP contribution in [0, 0.1) is 6.07 Å². The molecule has 0 radical (unpaired) electrons. The maximum Gasteiger partial charge on any atom is 0.148 e. The number of aromatic hydroxyl groups is 1. The Morgan fingerprint density at radius 3 is 1.79 bits per heavy atom. The van der Waals surface area contributed by atoms with E-state index in [0.717, 1.165) is 100.0 Å². The summed E-state index contributed by atoms with van der Waals surface area (Å²) in [5.74, 6) is 0.899. The minimum atomic E-state index is -0.358. The average molecular weight is 1120 g/mol. The standard InChI is InChI=1S/C66H59N4O.Pt/c1-64(2,3)46-32-33-58(51(39-46)43-24-15-11-16-25-43)70-59-31-21-29-50(60(59)68-63(70)54-40-47(65(4,5)6)41-55(62(54)71)66(7,8)9)53-37-45(56-38-44(34-35-67-56)42-22-13-10-14-23-42)36-52-49-28-19-20-30-57(49)69(61(52)53)48-26-17-12-18-27-48;/h10-36,38-41,71H,1-9H3;/q-1;. The normalized spacial score (nSPS) is 12.2. The first-order valence-corrected chi connectivity index (χ1v) is 24.7. The monoisotopic (exact) mass is 1120 g/mol. The molecule has 72 heavy (non-hydrogen) atoms. The van der Waals surface area contributed by atoms with Gasteiger partial charge in [0.25, 0.3) is 0 Å². The minimum Gasteiger partial charge on any atom is -0.507 e. The van der Waals surface area contributed by atoms with Crippen LogP contribution in [-0.4, -0.2) is 24.2 Å². The molecule has 0 aliphatic rings. The van der Waals surface area contributed by atoms with Gasteiger partial charge in [0, 0.05) is 55.3 Å². The van der Waals surface area contributed by atoms with Gasteiger partial charge in [0.1, 0.15) is 11.6 Å². The molecule has 8 aromatic carbocycles. The summed E-state index contributed by atoms with van der Waals surface area (Å²) in [5.41, 5.74) is 17.0. The van der Waals surface area contributed by atoms with Crippen LogP contribution in [0.5, 0.6) is 5.75 Å². The van der Waals surface area contributed by atoms with E-state index >= 15 is 0 Å². The fraction of sp³-hybridized carbons (Fsp3) is 0.182. The van der Waals surface area contributed by atoms with E-state index in [2.05, 4.69) is 253 Å². The third-order valence-corrected chi connectivity index (χ3v) is 14.0. The van der Waals surface area contributed by atoms with Crippen LogP contribution in [0.3, 0.4) is 0 Å². The summed E-state index contributed by atoms with van der Waals surface area (Å²) >= 11 is 0. The molecule has 0 saturated carbocycles. The number of imidazole rings is 1. The summed E-state index contributed by atoms with van der Waals surface area (Å²) in [6.07, 6.45) is 1.90. The number of hydrogen-bond acceptors (Lipinski definition) is 3. The molecule has 0 bridgehead atoms. The van der Waals surface area contributed by atoms with Crippen LogP contribution < -0.4 is 0 Å². The van der Waals surface area contributed by atoms with Crippen LogP contribution in [0.15, 0.2) is 188 Å². The van der Waals surface area contributed by atoms with Crippen LogP contribution in [0.1, 0.15) is 79.0 Å². The van der Waals surface area contributed by atoms with Gasteiger partial charge >= 0.3 is 0 Å². The molecule has 0 fully saturated rings. The number of hydrogen-bond donors (Lipinski definition) is 1. The van der Waals surface area contributed by atoms with Gasteiger partial charge < -0.3 is 9.67 Å². The summed E-state index contributed by atoms with van der Waals surface area (Å²) in [6.45, 7) is 20.0. The molecule has 5 nitrogen and oxygen atoms in total. The Kier molecular flexibility index (Phi) is 12.3. The maximum atomic E-state index is 12.8. The number of pyridine rings is 1. The third-order valence-electron chi connectivity index (χ3n) is 14.0. The fourth-order valence-electron chi connectivity index (χ4n) is 10.2. The first kappa shape index (κ1) is 48.3. The van der Waals surface area contributed by atoms with E-state index in [1.807, 2.05) is 12.3 Å². The van der Waals surface area contributed by atoms with Crippen molar-refractivity contribution in [2.75, 3.05) is 0 Å². The van der Waals surface area contributed by atoms with Crippen molar-refractivity contribution in [1.82, 2.24) is 19.1 Å². The van der Waals surface area contributed by atoms with Gasteiger partial charge in [0.2, 0.25) is 0 Å². The predicted molar refractivity (Wildman–Crippen MR) is 297 cm³/mol. The summed E-state index contributed by atoms with van der Waals surface area (Å²) in [6, 6.07) is 68.6. The maximum absolute atomic E-state index is 12.8. The van der Waals surface area contributed by atoms with Gasteiger partial charge in [-0.1, -0.05) is 212 Å². The van der Waals surface area contributed by atoms with Crippen molar-refractivity contribution in [3.8, 4) is 73.2 Å². The molecular weight excluding hydrogens is 1060 g/mol. The summed E-state index contributed by atoms with van der Waals surface area (Å²) in [5, 5.41) is 15.0. The Morgan fingerprint density at radius 2 is 1.11 bits per heavy atom. The number of nitrogens with zero attached hydrogens (tertiary/aromatic N) is 4. The molecule has 11 aromatic rings. The zero-order valence-corrected chi connectivity index (χ0v) is 44.7. The van der Waals surface area contributed by atoms with Crippen molar-refractivity contribution in [3.05, 3.63) is 211 Å². The number of phenols is 1.